The largest absolute Gasteiger partial charge is 0.334 e. The smallest absolute Gasteiger partial charge is 0.261 e. The van der Waals surface area contributed by atoms with Crippen LogP contribution in [0.15, 0.2) is 41.2 Å². The van der Waals surface area contributed by atoms with E-state index in [1.165, 1.54) is 12.1 Å². The lowest BCUT2D eigenvalue weighted by atomic mass is 10.1. The molecule has 0 bridgehead atoms. The molecule has 8 heteroatoms. The number of rotatable bonds is 4. The van der Waals surface area contributed by atoms with Crippen LogP contribution in [-0.4, -0.2) is 37.3 Å². The van der Waals surface area contributed by atoms with Gasteiger partial charge in [0.25, 0.3) is 5.89 Å². The van der Waals surface area contributed by atoms with Crippen molar-refractivity contribution in [1.29, 1.82) is 0 Å². The lowest BCUT2D eigenvalue weighted by Gasteiger charge is -2.28. The molecule has 0 radical (unpaired) electrons. The highest BCUT2D eigenvalue weighted by molar-refractivity contribution is 5.79. The van der Waals surface area contributed by atoms with Gasteiger partial charge in [-0.3, -0.25) is 9.48 Å². The molecule has 0 N–H and O–H groups in total. The van der Waals surface area contributed by atoms with Crippen LogP contribution in [0.1, 0.15) is 43.1 Å². The third kappa shape index (κ3) is 3.95. The van der Waals surface area contributed by atoms with Gasteiger partial charge in [0.2, 0.25) is 5.91 Å². The third-order valence-electron chi connectivity index (χ3n) is 5.01. The molecule has 1 amide bonds. The van der Waals surface area contributed by atoms with E-state index in [9.17, 15) is 9.18 Å². The molecule has 3 aromatic rings. The van der Waals surface area contributed by atoms with Crippen LogP contribution in [0.4, 0.5) is 4.39 Å². The zero-order chi connectivity index (χ0) is 19.5. The van der Waals surface area contributed by atoms with Crippen molar-refractivity contribution in [2.24, 2.45) is 7.05 Å². The summed E-state index contributed by atoms with van der Waals surface area (Å²) in [5.74, 6) is 0.514. The molecule has 1 aromatic carbocycles. The molecule has 4 rings (SSSR count). The molecule has 0 saturated carbocycles. The van der Waals surface area contributed by atoms with Gasteiger partial charge >= 0.3 is 0 Å². The Hall–Kier alpha value is -3.03. The van der Waals surface area contributed by atoms with E-state index in [1.807, 2.05) is 11.9 Å². The van der Waals surface area contributed by atoms with Gasteiger partial charge in [-0.05, 0) is 30.5 Å². The number of likely N-dealkylation sites (tertiary alicyclic amines) is 1. The van der Waals surface area contributed by atoms with Crippen LogP contribution in [-0.2, 0) is 18.3 Å². The predicted octanol–water partition coefficient (Wildman–Crippen LogP) is 3.30. The molecule has 7 nitrogen and oxygen atoms in total. The van der Waals surface area contributed by atoms with Crippen molar-refractivity contribution in [2.45, 2.75) is 38.1 Å². The Morgan fingerprint density at radius 3 is 3.00 bits per heavy atom. The average molecular weight is 383 g/mol. The van der Waals surface area contributed by atoms with Gasteiger partial charge in [-0.2, -0.15) is 10.1 Å². The van der Waals surface area contributed by atoms with Gasteiger partial charge in [-0.15, -0.1) is 0 Å². The number of amides is 1. The molecule has 0 spiro atoms. The SMILES string of the molecule is Cn1cc(-c2nc(C3CCCCCN3C(=O)Cc3cccc(F)c3)no2)cn1. The first-order valence-electron chi connectivity index (χ1n) is 9.47. The molecule has 2 aromatic heterocycles. The first-order valence-corrected chi connectivity index (χ1v) is 9.47. The summed E-state index contributed by atoms with van der Waals surface area (Å²) in [6, 6.07) is 5.93. The maximum atomic E-state index is 13.5. The molecular formula is C20H22FN5O2. The lowest BCUT2D eigenvalue weighted by Crippen LogP contribution is -2.36. The van der Waals surface area contributed by atoms with Crippen molar-refractivity contribution in [3.8, 4) is 11.5 Å². The summed E-state index contributed by atoms with van der Waals surface area (Å²) in [6.45, 7) is 0.635. The minimum absolute atomic E-state index is 0.0507. The maximum Gasteiger partial charge on any atom is 0.261 e. The molecule has 1 atom stereocenters. The molecule has 146 valence electrons. The van der Waals surface area contributed by atoms with Crippen LogP contribution < -0.4 is 0 Å². The Bertz CT molecular complexity index is 967. The van der Waals surface area contributed by atoms with Gasteiger partial charge in [0.1, 0.15) is 5.82 Å². The van der Waals surface area contributed by atoms with Gasteiger partial charge in [0.05, 0.1) is 24.2 Å². The van der Waals surface area contributed by atoms with E-state index in [4.69, 9.17) is 4.52 Å². The highest BCUT2D eigenvalue weighted by atomic mass is 19.1. The van der Waals surface area contributed by atoms with E-state index in [2.05, 4.69) is 15.2 Å². The molecular weight excluding hydrogens is 361 g/mol. The first-order chi connectivity index (χ1) is 13.6. The normalized spacial score (nSPS) is 17.5. The molecule has 3 heterocycles. The van der Waals surface area contributed by atoms with Crippen LogP contribution in [0.5, 0.6) is 0 Å². The van der Waals surface area contributed by atoms with Gasteiger partial charge in [-0.25, -0.2) is 4.39 Å². The Morgan fingerprint density at radius 1 is 1.32 bits per heavy atom. The van der Waals surface area contributed by atoms with E-state index >= 15 is 0 Å². The Labute approximate surface area is 162 Å². The Morgan fingerprint density at radius 2 is 2.21 bits per heavy atom. The Kier molecular flexibility index (Phi) is 5.18. The molecule has 1 aliphatic rings. The quantitative estimate of drug-likeness (QED) is 0.691. The average Bonchev–Trinajstić information content (AvgIpc) is 3.24. The van der Waals surface area contributed by atoms with E-state index < -0.39 is 0 Å². The molecule has 0 aliphatic carbocycles. The van der Waals surface area contributed by atoms with Gasteiger partial charge in [-0.1, -0.05) is 30.1 Å². The molecule has 1 unspecified atom stereocenters. The monoisotopic (exact) mass is 383 g/mol. The molecule has 1 saturated heterocycles. The van der Waals surface area contributed by atoms with Crippen LogP contribution in [0.2, 0.25) is 0 Å². The van der Waals surface area contributed by atoms with E-state index in [0.29, 0.717) is 23.8 Å². The van der Waals surface area contributed by atoms with Crippen molar-refractivity contribution >= 4 is 5.91 Å². The first kappa shape index (κ1) is 18.3. The third-order valence-corrected chi connectivity index (χ3v) is 5.01. The van der Waals surface area contributed by atoms with Crippen molar-refractivity contribution in [3.05, 3.63) is 53.9 Å². The molecule has 28 heavy (non-hydrogen) atoms. The van der Waals surface area contributed by atoms with Crippen LogP contribution in [0.3, 0.4) is 0 Å². The van der Waals surface area contributed by atoms with Gasteiger partial charge < -0.3 is 9.42 Å². The second-order valence-electron chi connectivity index (χ2n) is 7.12. The number of aromatic nitrogens is 4. The fourth-order valence-corrected chi connectivity index (χ4v) is 3.62. The van der Waals surface area contributed by atoms with E-state index in [-0.39, 0.29) is 24.2 Å². The highest BCUT2D eigenvalue weighted by Crippen LogP contribution is 2.30. The summed E-state index contributed by atoms with van der Waals surface area (Å²) in [6.07, 6.45) is 7.37. The number of halogens is 1. The van der Waals surface area contributed by atoms with Crippen molar-refractivity contribution in [1.82, 2.24) is 24.8 Å². The van der Waals surface area contributed by atoms with E-state index in [1.54, 1.807) is 29.2 Å². The number of hydrogen-bond donors (Lipinski definition) is 0. The maximum absolute atomic E-state index is 13.5. The second kappa shape index (κ2) is 7.92. The summed E-state index contributed by atoms with van der Waals surface area (Å²) in [7, 11) is 1.82. The number of hydrogen-bond acceptors (Lipinski definition) is 5. The lowest BCUT2D eigenvalue weighted by molar-refractivity contribution is -0.133. The minimum Gasteiger partial charge on any atom is -0.334 e. The molecule has 1 aliphatic heterocycles. The standard InChI is InChI=1S/C20H22FN5O2/c1-25-13-15(12-22-25)20-23-19(24-28-20)17-8-3-2-4-9-26(17)18(27)11-14-6-5-7-16(21)10-14/h5-7,10,12-13,17H,2-4,8-9,11H2,1H3. The summed E-state index contributed by atoms with van der Waals surface area (Å²) in [5.41, 5.74) is 1.41. The predicted molar refractivity (Wildman–Crippen MR) is 99.5 cm³/mol. The zero-order valence-electron chi connectivity index (χ0n) is 15.7. The van der Waals surface area contributed by atoms with Crippen LogP contribution in [0.25, 0.3) is 11.5 Å². The number of benzene rings is 1. The number of aryl methyl sites for hydroxylation is 1. The summed E-state index contributed by atoms with van der Waals surface area (Å²) < 4.78 is 20.6. The fraction of sp³-hybridized carbons (Fsp3) is 0.400. The van der Waals surface area contributed by atoms with E-state index in [0.717, 1.165) is 31.2 Å². The van der Waals surface area contributed by atoms with Crippen molar-refractivity contribution in [2.75, 3.05) is 6.54 Å². The second-order valence-corrected chi connectivity index (χ2v) is 7.12. The Balaban J connectivity index is 1.56. The zero-order valence-corrected chi connectivity index (χ0v) is 15.7. The van der Waals surface area contributed by atoms with Gasteiger partial charge in [0, 0.05) is 19.8 Å². The molecule has 1 fully saturated rings. The summed E-state index contributed by atoms with van der Waals surface area (Å²) in [5, 5.41) is 8.26. The summed E-state index contributed by atoms with van der Waals surface area (Å²) >= 11 is 0. The van der Waals surface area contributed by atoms with Crippen molar-refractivity contribution < 1.29 is 13.7 Å². The fourth-order valence-electron chi connectivity index (χ4n) is 3.62. The number of carbonyl (C=O) groups is 1. The van der Waals surface area contributed by atoms with Crippen LogP contribution >= 0.6 is 0 Å². The summed E-state index contributed by atoms with van der Waals surface area (Å²) in [4.78, 5) is 19.3. The number of carbonyl (C=O) groups excluding carboxylic acids is 1. The van der Waals surface area contributed by atoms with Gasteiger partial charge in [0.15, 0.2) is 5.82 Å². The van der Waals surface area contributed by atoms with Crippen LogP contribution in [0, 0.1) is 5.82 Å². The number of nitrogens with zero attached hydrogens (tertiary/aromatic N) is 5. The van der Waals surface area contributed by atoms with Crippen molar-refractivity contribution in [3.63, 3.8) is 0 Å². The minimum atomic E-state index is -0.336. The topological polar surface area (TPSA) is 77.0 Å². The highest BCUT2D eigenvalue weighted by Gasteiger charge is 2.30.